The normalized spacial score (nSPS) is 19.2. The van der Waals surface area contributed by atoms with Gasteiger partial charge in [-0.2, -0.15) is 0 Å². The maximum Gasteiger partial charge on any atom is 0.315 e. The van der Waals surface area contributed by atoms with Gasteiger partial charge >= 0.3 is 6.03 Å². The zero-order valence-electron chi connectivity index (χ0n) is 11.5. The van der Waals surface area contributed by atoms with Crippen LogP contribution in [0.3, 0.4) is 0 Å². The Morgan fingerprint density at radius 3 is 3.20 bits per heavy atom. The number of hydrogen-bond donors (Lipinski definition) is 2. The Labute approximate surface area is 131 Å². The number of likely N-dealkylation sites (tertiary alicyclic amines) is 1. The fraction of sp³-hybridized carbons (Fsp3) is 0.615. The molecular weight excluding hydrogens is 342 g/mol. The van der Waals surface area contributed by atoms with Gasteiger partial charge in [0, 0.05) is 47.5 Å². The van der Waals surface area contributed by atoms with Crippen molar-refractivity contribution in [2.24, 2.45) is 0 Å². The van der Waals surface area contributed by atoms with Gasteiger partial charge in [0.15, 0.2) is 0 Å². The first kappa shape index (κ1) is 15.8. The zero-order valence-corrected chi connectivity index (χ0v) is 13.9. The summed E-state index contributed by atoms with van der Waals surface area (Å²) in [5.41, 5.74) is 0. The minimum absolute atomic E-state index is 0.0897. The molecule has 1 atom stereocenters. The first-order chi connectivity index (χ1) is 9.67. The topological polar surface area (TPSA) is 53.6 Å². The summed E-state index contributed by atoms with van der Waals surface area (Å²) < 4.78 is 6.13. The molecule has 0 aromatic carbocycles. The van der Waals surface area contributed by atoms with E-state index in [1.165, 1.54) is 0 Å². The van der Waals surface area contributed by atoms with Crippen LogP contribution in [0.15, 0.2) is 15.9 Å². The van der Waals surface area contributed by atoms with E-state index < -0.39 is 0 Å². The summed E-state index contributed by atoms with van der Waals surface area (Å²) in [5, 5.41) is 7.93. The SMILES string of the molecule is COCCN1CCC(NC(=O)NCc2cc(Br)cs2)C1. The van der Waals surface area contributed by atoms with Crippen molar-refractivity contribution in [3.8, 4) is 0 Å². The molecule has 1 saturated heterocycles. The van der Waals surface area contributed by atoms with E-state index in [-0.39, 0.29) is 12.1 Å². The number of amides is 2. The van der Waals surface area contributed by atoms with Gasteiger partial charge in [-0.05, 0) is 28.4 Å². The van der Waals surface area contributed by atoms with Crippen LogP contribution in [-0.4, -0.2) is 50.3 Å². The monoisotopic (exact) mass is 361 g/mol. The Morgan fingerprint density at radius 2 is 2.50 bits per heavy atom. The van der Waals surface area contributed by atoms with Gasteiger partial charge in [-0.3, -0.25) is 4.90 Å². The molecule has 20 heavy (non-hydrogen) atoms. The van der Waals surface area contributed by atoms with Crippen molar-refractivity contribution in [1.82, 2.24) is 15.5 Å². The highest BCUT2D eigenvalue weighted by Gasteiger charge is 2.23. The second kappa shape index (κ2) is 7.97. The predicted molar refractivity (Wildman–Crippen MR) is 84.1 cm³/mol. The fourth-order valence-electron chi connectivity index (χ4n) is 2.22. The lowest BCUT2D eigenvalue weighted by Gasteiger charge is -2.16. The number of halogens is 1. The van der Waals surface area contributed by atoms with Gasteiger partial charge < -0.3 is 15.4 Å². The first-order valence-electron chi connectivity index (χ1n) is 6.66. The number of rotatable bonds is 6. The van der Waals surface area contributed by atoms with Crippen molar-refractivity contribution < 1.29 is 9.53 Å². The Kier molecular flexibility index (Phi) is 6.28. The molecule has 7 heteroatoms. The van der Waals surface area contributed by atoms with Crippen molar-refractivity contribution in [2.45, 2.75) is 19.0 Å². The molecule has 2 heterocycles. The maximum atomic E-state index is 11.8. The van der Waals surface area contributed by atoms with Crippen LogP contribution in [0, 0.1) is 0 Å². The van der Waals surface area contributed by atoms with Gasteiger partial charge in [0.25, 0.3) is 0 Å². The van der Waals surface area contributed by atoms with Crippen LogP contribution in [0.4, 0.5) is 4.79 Å². The first-order valence-corrected chi connectivity index (χ1v) is 8.33. The van der Waals surface area contributed by atoms with Gasteiger partial charge in [-0.25, -0.2) is 4.79 Å². The third kappa shape index (κ3) is 5.05. The zero-order chi connectivity index (χ0) is 14.4. The van der Waals surface area contributed by atoms with Crippen LogP contribution < -0.4 is 10.6 Å². The summed E-state index contributed by atoms with van der Waals surface area (Å²) in [7, 11) is 1.71. The standard InChI is InChI=1S/C13H20BrN3O2S/c1-19-5-4-17-3-2-11(8-17)16-13(18)15-7-12-6-10(14)9-20-12/h6,9,11H,2-5,7-8H2,1H3,(H2,15,16,18). The molecule has 0 saturated carbocycles. The van der Waals surface area contributed by atoms with E-state index in [4.69, 9.17) is 4.74 Å². The molecule has 1 aromatic heterocycles. The molecule has 112 valence electrons. The highest BCUT2D eigenvalue weighted by molar-refractivity contribution is 9.10. The Morgan fingerprint density at radius 1 is 1.65 bits per heavy atom. The van der Waals surface area contributed by atoms with Crippen molar-refractivity contribution in [2.75, 3.05) is 33.4 Å². The third-order valence-corrected chi connectivity index (χ3v) is 4.96. The molecule has 1 aromatic rings. The Balaban J connectivity index is 1.65. The minimum Gasteiger partial charge on any atom is -0.383 e. The highest BCUT2D eigenvalue weighted by atomic mass is 79.9. The van der Waals surface area contributed by atoms with E-state index in [1.807, 2.05) is 11.4 Å². The average molecular weight is 362 g/mol. The van der Waals surface area contributed by atoms with Crippen molar-refractivity contribution in [3.05, 3.63) is 20.8 Å². The van der Waals surface area contributed by atoms with Crippen LogP contribution in [0.25, 0.3) is 0 Å². The second-order valence-corrected chi connectivity index (χ2v) is 6.75. The summed E-state index contributed by atoms with van der Waals surface area (Å²) in [4.78, 5) is 15.3. The largest absolute Gasteiger partial charge is 0.383 e. The molecule has 2 amide bonds. The van der Waals surface area contributed by atoms with Crippen molar-refractivity contribution in [1.29, 1.82) is 0 Å². The van der Waals surface area contributed by atoms with Crippen LogP contribution in [0.5, 0.6) is 0 Å². The summed E-state index contributed by atoms with van der Waals surface area (Å²) in [6, 6.07) is 2.17. The molecular formula is C13H20BrN3O2S. The molecule has 2 rings (SSSR count). The lowest BCUT2D eigenvalue weighted by Crippen LogP contribution is -2.43. The molecule has 0 spiro atoms. The van der Waals surface area contributed by atoms with E-state index in [0.29, 0.717) is 6.54 Å². The lowest BCUT2D eigenvalue weighted by molar-refractivity contribution is 0.159. The van der Waals surface area contributed by atoms with Crippen LogP contribution >= 0.6 is 27.3 Å². The Hall–Kier alpha value is -0.630. The number of nitrogens with zero attached hydrogens (tertiary/aromatic N) is 1. The number of hydrogen-bond acceptors (Lipinski definition) is 4. The fourth-order valence-corrected chi connectivity index (χ4v) is 3.62. The maximum absolute atomic E-state index is 11.8. The highest BCUT2D eigenvalue weighted by Crippen LogP contribution is 2.19. The van der Waals surface area contributed by atoms with Crippen LogP contribution in [-0.2, 0) is 11.3 Å². The summed E-state index contributed by atoms with van der Waals surface area (Å²) in [6.45, 7) is 4.17. The van der Waals surface area contributed by atoms with Crippen LogP contribution in [0.2, 0.25) is 0 Å². The summed E-state index contributed by atoms with van der Waals surface area (Å²) >= 11 is 5.04. The molecule has 0 aliphatic carbocycles. The smallest absolute Gasteiger partial charge is 0.315 e. The van der Waals surface area contributed by atoms with E-state index in [0.717, 1.165) is 42.0 Å². The van der Waals surface area contributed by atoms with Gasteiger partial charge in [0.2, 0.25) is 0 Å². The molecule has 0 bridgehead atoms. The summed E-state index contributed by atoms with van der Waals surface area (Å²) in [6.07, 6.45) is 1.00. The Bertz CT molecular complexity index is 441. The van der Waals surface area contributed by atoms with E-state index in [2.05, 4.69) is 31.5 Å². The van der Waals surface area contributed by atoms with Gasteiger partial charge in [0.05, 0.1) is 13.2 Å². The number of methoxy groups -OCH3 is 1. The molecule has 5 nitrogen and oxygen atoms in total. The van der Waals surface area contributed by atoms with Gasteiger partial charge in [-0.15, -0.1) is 11.3 Å². The molecule has 1 fully saturated rings. The predicted octanol–water partition coefficient (Wildman–Crippen LogP) is 2.03. The second-order valence-electron chi connectivity index (χ2n) is 4.84. The van der Waals surface area contributed by atoms with Gasteiger partial charge in [0.1, 0.15) is 0 Å². The van der Waals surface area contributed by atoms with Crippen molar-refractivity contribution >= 4 is 33.3 Å². The van der Waals surface area contributed by atoms with Crippen LogP contribution in [0.1, 0.15) is 11.3 Å². The molecule has 0 radical (unpaired) electrons. The number of thiophene rings is 1. The number of urea groups is 1. The molecule has 1 aliphatic rings. The number of ether oxygens (including phenoxy) is 1. The lowest BCUT2D eigenvalue weighted by atomic mass is 10.3. The van der Waals surface area contributed by atoms with Crippen molar-refractivity contribution in [3.63, 3.8) is 0 Å². The number of nitrogens with one attached hydrogen (secondary N) is 2. The third-order valence-electron chi connectivity index (χ3n) is 3.26. The minimum atomic E-state index is -0.0897. The van der Waals surface area contributed by atoms with E-state index >= 15 is 0 Å². The average Bonchev–Trinajstić information content (AvgIpc) is 3.03. The molecule has 2 N–H and O–H groups in total. The quantitative estimate of drug-likeness (QED) is 0.814. The van der Waals surface area contributed by atoms with Gasteiger partial charge in [-0.1, -0.05) is 0 Å². The summed E-state index contributed by atoms with van der Waals surface area (Å²) in [5.74, 6) is 0. The molecule has 1 unspecified atom stereocenters. The van der Waals surface area contributed by atoms with E-state index in [9.17, 15) is 4.79 Å². The number of carbonyl (C=O) groups excluding carboxylic acids is 1. The molecule has 1 aliphatic heterocycles. The van der Waals surface area contributed by atoms with E-state index in [1.54, 1.807) is 18.4 Å². The number of carbonyl (C=O) groups is 1.